The molecule has 0 saturated carbocycles. The molecule has 0 bridgehead atoms. The van der Waals surface area contributed by atoms with Gasteiger partial charge in [0.15, 0.2) is 0 Å². The van der Waals surface area contributed by atoms with E-state index in [1.165, 1.54) is 15.8 Å². The van der Waals surface area contributed by atoms with Crippen LogP contribution in [0.5, 0.6) is 0 Å². The molecule has 128 valence electrons. The van der Waals surface area contributed by atoms with Crippen molar-refractivity contribution in [2.45, 2.75) is 32.4 Å². The van der Waals surface area contributed by atoms with E-state index in [0.717, 1.165) is 19.4 Å². The molecule has 0 radical (unpaired) electrons. The zero-order valence-electron chi connectivity index (χ0n) is 14.2. The highest BCUT2D eigenvalue weighted by atomic mass is 32.1. The van der Waals surface area contributed by atoms with Crippen molar-refractivity contribution in [3.05, 3.63) is 57.5 Å². The van der Waals surface area contributed by atoms with Gasteiger partial charge in [-0.15, -0.1) is 11.3 Å². The molecule has 2 heterocycles. The number of benzene rings is 1. The SMILES string of the molecule is Cc1ccc(C2CCCN2CC(=O)N(C)Cc2ccccc2F)s1. The van der Waals surface area contributed by atoms with Gasteiger partial charge in [-0.05, 0) is 44.5 Å². The topological polar surface area (TPSA) is 23.6 Å². The fourth-order valence-electron chi connectivity index (χ4n) is 3.23. The van der Waals surface area contributed by atoms with Gasteiger partial charge in [-0.1, -0.05) is 18.2 Å². The molecule has 1 aromatic heterocycles. The zero-order valence-corrected chi connectivity index (χ0v) is 15.0. The van der Waals surface area contributed by atoms with E-state index in [1.54, 1.807) is 30.1 Å². The number of halogens is 1. The lowest BCUT2D eigenvalue weighted by Gasteiger charge is -2.26. The maximum atomic E-state index is 13.8. The fourth-order valence-corrected chi connectivity index (χ4v) is 4.28. The highest BCUT2D eigenvalue weighted by Crippen LogP contribution is 2.35. The van der Waals surface area contributed by atoms with Crippen LogP contribution in [0, 0.1) is 12.7 Å². The number of hydrogen-bond donors (Lipinski definition) is 0. The van der Waals surface area contributed by atoms with E-state index in [4.69, 9.17) is 0 Å². The molecule has 1 fully saturated rings. The third-order valence-corrected chi connectivity index (χ3v) is 5.68. The Morgan fingerprint density at radius 2 is 2.12 bits per heavy atom. The number of hydrogen-bond acceptors (Lipinski definition) is 3. The summed E-state index contributed by atoms with van der Waals surface area (Å²) in [6.45, 7) is 3.76. The van der Waals surface area contributed by atoms with Crippen LogP contribution < -0.4 is 0 Å². The minimum Gasteiger partial charge on any atom is -0.340 e. The molecule has 3 nitrogen and oxygen atoms in total. The summed E-state index contributed by atoms with van der Waals surface area (Å²) < 4.78 is 13.8. The van der Waals surface area contributed by atoms with Crippen molar-refractivity contribution in [2.75, 3.05) is 20.1 Å². The normalized spacial score (nSPS) is 18.0. The second-order valence-corrected chi connectivity index (χ2v) is 7.74. The Labute approximate surface area is 146 Å². The first kappa shape index (κ1) is 17.1. The van der Waals surface area contributed by atoms with Gasteiger partial charge in [0.2, 0.25) is 5.91 Å². The summed E-state index contributed by atoms with van der Waals surface area (Å²) in [6, 6.07) is 11.3. The van der Waals surface area contributed by atoms with Crippen LogP contribution in [0.1, 0.15) is 34.2 Å². The number of rotatable bonds is 5. The lowest BCUT2D eigenvalue weighted by Crippen LogP contribution is -2.37. The van der Waals surface area contributed by atoms with Gasteiger partial charge in [0, 0.05) is 35.0 Å². The van der Waals surface area contributed by atoms with Crippen LogP contribution in [-0.2, 0) is 11.3 Å². The standard InChI is InChI=1S/C19H23FN2OS/c1-14-9-10-18(24-14)17-8-5-11-22(17)13-19(23)21(2)12-15-6-3-4-7-16(15)20/h3-4,6-7,9-10,17H,5,8,11-13H2,1-2H3. The summed E-state index contributed by atoms with van der Waals surface area (Å²) in [5.41, 5.74) is 0.556. The Morgan fingerprint density at radius 3 is 2.83 bits per heavy atom. The monoisotopic (exact) mass is 346 g/mol. The molecule has 1 aliphatic heterocycles. The lowest BCUT2D eigenvalue weighted by atomic mass is 10.2. The molecular weight excluding hydrogens is 323 g/mol. The molecule has 0 spiro atoms. The van der Waals surface area contributed by atoms with Crippen LogP contribution in [-0.4, -0.2) is 35.8 Å². The smallest absolute Gasteiger partial charge is 0.236 e. The highest BCUT2D eigenvalue weighted by molar-refractivity contribution is 7.12. The van der Waals surface area contributed by atoms with Crippen LogP contribution in [0.3, 0.4) is 0 Å². The minimum absolute atomic E-state index is 0.0402. The van der Waals surface area contributed by atoms with Gasteiger partial charge < -0.3 is 4.90 Å². The van der Waals surface area contributed by atoms with Gasteiger partial charge in [0.1, 0.15) is 5.82 Å². The molecule has 1 saturated heterocycles. The van der Waals surface area contributed by atoms with Crippen LogP contribution >= 0.6 is 11.3 Å². The van der Waals surface area contributed by atoms with E-state index in [1.807, 2.05) is 11.3 Å². The maximum Gasteiger partial charge on any atom is 0.236 e. The van der Waals surface area contributed by atoms with Crippen molar-refractivity contribution in [1.29, 1.82) is 0 Å². The summed E-state index contributed by atoms with van der Waals surface area (Å²) in [5, 5.41) is 0. The van der Waals surface area contributed by atoms with Crippen LogP contribution in [0.2, 0.25) is 0 Å². The average Bonchev–Trinajstić information content (AvgIpc) is 3.18. The zero-order chi connectivity index (χ0) is 17.1. The number of carbonyl (C=O) groups excluding carboxylic acids is 1. The van der Waals surface area contributed by atoms with E-state index in [2.05, 4.69) is 24.0 Å². The fraction of sp³-hybridized carbons (Fsp3) is 0.421. The molecule has 24 heavy (non-hydrogen) atoms. The average molecular weight is 346 g/mol. The molecule has 3 rings (SSSR count). The summed E-state index contributed by atoms with van der Waals surface area (Å²) in [7, 11) is 1.75. The first-order chi connectivity index (χ1) is 11.5. The van der Waals surface area contributed by atoms with Crippen molar-refractivity contribution >= 4 is 17.2 Å². The quantitative estimate of drug-likeness (QED) is 0.817. The minimum atomic E-state index is -0.259. The van der Waals surface area contributed by atoms with Gasteiger partial charge in [0.25, 0.3) is 0 Å². The van der Waals surface area contributed by atoms with Gasteiger partial charge in [0.05, 0.1) is 6.54 Å². The Kier molecular flexibility index (Phi) is 5.31. The summed E-state index contributed by atoms with van der Waals surface area (Å²) in [5.74, 6) is -0.219. The van der Waals surface area contributed by atoms with Gasteiger partial charge in [-0.2, -0.15) is 0 Å². The molecule has 0 N–H and O–H groups in total. The van der Waals surface area contributed by atoms with E-state index < -0.39 is 0 Å². The predicted molar refractivity (Wildman–Crippen MR) is 95.5 cm³/mol. The van der Waals surface area contributed by atoms with Crippen LogP contribution in [0.4, 0.5) is 4.39 Å². The molecular formula is C19H23FN2OS. The molecule has 2 aromatic rings. The number of aryl methyl sites for hydroxylation is 1. The molecule has 1 aliphatic rings. The van der Waals surface area contributed by atoms with E-state index in [-0.39, 0.29) is 11.7 Å². The van der Waals surface area contributed by atoms with Gasteiger partial charge in [-0.3, -0.25) is 9.69 Å². The van der Waals surface area contributed by atoms with Gasteiger partial charge >= 0.3 is 0 Å². The number of nitrogens with zero attached hydrogens (tertiary/aromatic N) is 2. The molecule has 5 heteroatoms. The summed E-state index contributed by atoms with van der Waals surface area (Å²) >= 11 is 1.81. The van der Waals surface area contributed by atoms with Crippen molar-refractivity contribution in [3.8, 4) is 0 Å². The van der Waals surface area contributed by atoms with Crippen molar-refractivity contribution < 1.29 is 9.18 Å². The summed E-state index contributed by atoms with van der Waals surface area (Å²) in [4.78, 5) is 19.1. The Bertz CT molecular complexity index is 715. The number of likely N-dealkylation sites (tertiary alicyclic amines) is 1. The second-order valence-electron chi connectivity index (χ2n) is 6.42. The molecule has 0 aliphatic carbocycles. The number of likely N-dealkylation sites (N-methyl/N-ethyl adjacent to an activating group) is 1. The molecule has 1 aromatic carbocycles. The Morgan fingerprint density at radius 1 is 1.33 bits per heavy atom. The van der Waals surface area contributed by atoms with Crippen molar-refractivity contribution in [2.24, 2.45) is 0 Å². The molecule has 1 atom stereocenters. The molecule has 1 unspecified atom stereocenters. The van der Waals surface area contributed by atoms with Gasteiger partial charge in [-0.25, -0.2) is 4.39 Å². The van der Waals surface area contributed by atoms with Crippen LogP contribution in [0.25, 0.3) is 0 Å². The number of thiophene rings is 1. The third kappa shape index (κ3) is 3.84. The third-order valence-electron chi connectivity index (χ3n) is 4.58. The highest BCUT2D eigenvalue weighted by Gasteiger charge is 2.29. The Hall–Kier alpha value is -1.72. The lowest BCUT2D eigenvalue weighted by molar-refractivity contribution is -0.131. The largest absolute Gasteiger partial charge is 0.340 e. The predicted octanol–water partition coefficient (Wildman–Crippen LogP) is 3.99. The first-order valence-electron chi connectivity index (χ1n) is 8.32. The van der Waals surface area contributed by atoms with E-state index >= 15 is 0 Å². The van der Waals surface area contributed by atoms with E-state index in [9.17, 15) is 9.18 Å². The maximum absolute atomic E-state index is 13.8. The summed E-state index contributed by atoms with van der Waals surface area (Å²) in [6.07, 6.45) is 2.22. The molecule has 1 amide bonds. The van der Waals surface area contributed by atoms with Crippen molar-refractivity contribution in [1.82, 2.24) is 9.80 Å². The van der Waals surface area contributed by atoms with Crippen molar-refractivity contribution in [3.63, 3.8) is 0 Å². The number of amides is 1. The van der Waals surface area contributed by atoms with Crippen LogP contribution in [0.15, 0.2) is 36.4 Å². The van der Waals surface area contributed by atoms with E-state index in [0.29, 0.717) is 24.7 Å². The second kappa shape index (κ2) is 7.45. The number of carbonyl (C=O) groups is 1. The Balaban J connectivity index is 1.62. The first-order valence-corrected chi connectivity index (χ1v) is 9.14.